The van der Waals surface area contributed by atoms with Crippen molar-refractivity contribution in [2.75, 3.05) is 13.1 Å². The molecule has 2 N–H and O–H groups in total. The first-order valence-electron chi connectivity index (χ1n) is 6.80. The lowest BCUT2D eigenvalue weighted by atomic mass is 9.92. The summed E-state index contributed by atoms with van der Waals surface area (Å²) in [6.45, 7) is 2.58. The van der Waals surface area contributed by atoms with E-state index in [1.807, 2.05) is 18.3 Å². The molecule has 2 aromatic rings. The molecule has 1 atom stereocenters. The van der Waals surface area contributed by atoms with Gasteiger partial charge in [0.15, 0.2) is 0 Å². The fraction of sp³-hybridized carbons (Fsp3) is 0.312. The molecule has 3 nitrogen and oxygen atoms in total. The third-order valence-electron chi connectivity index (χ3n) is 3.84. The Balaban J connectivity index is 1.84. The standard InChI is InChI=1S/C16H19N3/c17-11-16-15-7-2-1-5-13(15)8-10-19(16)12-14-6-3-4-9-18-14/h1-7,9,16H,8,10-12,17H2. The number of fused-ring (bicyclic) bond motifs is 1. The van der Waals surface area contributed by atoms with Gasteiger partial charge < -0.3 is 5.73 Å². The molecule has 98 valence electrons. The zero-order valence-electron chi connectivity index (χ0n) is 11.0. The number of nitrogens with zero attached hydrogens (tertiary/aromatic N) is 2. The SMILES string of the molecule is NCC1c2ccccc2CCN1Cc1ccccn1. The second-order valence-electron chi connectivity index (χ2n) is 4.99. The Morgan fingerprint density at radius 1 is 1.16 bits per heavy atom. The first-order chi connectivity index (χ1) is 9.38. The number of benzene rings is 1. The van der Waals surface area contributed by atoms with Gasteiger partial charge in [0, 0.05) is 31.9 Å². The van der Waals surface area contributed by atoms with E-state index in [-0.39, 0.29) is 0 Å². The normalized spacial score (nSPS) is 19.1. The largest absolute Gasteiger partial charge is 0.329 e. The summed E-state index contributed by atoms with van der Waals surface area (Å²) in [6.07, 6.45) is 2.95. The van der Waals surface area contributed by atoms with Crippen LogP contribution in [0.5, 0.6) is 0 Å². The van der Waals surface area contributed by atoms with Crippen LogP contribution in [0.25, 0.3) is 0 Å². The van der Waals surface area contributed by atoms with Crippen molar-refractivity contribution in [2.24, 2.45) is 5.73 Å². The van der Waals surface area contributed by atoms with Gasteiger partial charge in [0.25, 0.3) is 0 Å². The maximum absolute atomic E-state index is 6.00. The molecule has 0 aliphatic carbocycles. The zero-order valence-corrected chi connectivity index (χ0v) is 11.0. The van der Waals surface area contributed by atoms with Crippen LogP contribution in [0.2, 0.25) is 0 Å². The molecule has 2 heterocycles. The van der Waals surface area contributed by atoms with Crippen LogP contribution in [-0.2, 0) is 13.0 Å². The summed E-state index contributed by atoms with van der Waals surface area (Å²) in [5.41, 5.74) is 9.93. The topological polar surface area (TPSA) is 42.1 Å². The van der Waals surface area contributed by atoms with E-state index in [2.05, 4.69) is 40.2 Å². The number of nitrogens with two attached hydrogens (primary N) is 1. The van der Waals surface area contributed by atoms with Crippen molar-refractivity contribution in [3.8, 4) is 0 Å². The highest BCUT2D eigenvalue weighted by molar-refractivity contribution is 5.32. The molecule has 3 rings (SSSR count). The quantitative estimate of drug-likeness (QED) is 0.911. The maximum atomic E-state index is 6.00. The molecule has 3 heteroatoms. The Hall–Kier alpha value is -1.71. The van der Waals surface area contributed by atoms with Crippen molar-refractivity contribution in [3.63, 3.8) is 0 Å². The highest BCUT2D eigenvalue weighted by Crippen LogP contribution is 2.29. The van der Waals surface area contributed by atoms with Crippen LogP contribution in [0, 0.1) is 0 Å². The first kappa shape index (κ1) is 12.3. The van der Waals surface area contributed by atoms with Gasteiger partial charge in [-0.05, 0) is 29.7 Å². The first-order valence-corrected chi connectivity index (χ1v) is 6.80. The van der Waals surface area contributed by atoms with Gasteiger partial charge in [0.2, 0.25) is 0 Å². The van der Waals surface area contributed by atoms with Crippen LogP contribution in [0.1, 0.15) is 22.9 Å². The van der Waals surface area contributed by atoms with Gasteiger partial charge in [-0.3, -0.25) is 9.88 Å². The Morgan fingerprint density at radius 2 is 2.00 bits per heavy atom. The molecule has 0 radical (unpaired) electrons. The number of hydrogen-bond donors (Lipinski definition) is 1. The highest BCUT2D eigenvalue weighted by Gasteiger charge is 2.25. The molecule has 1 aliphatic rings. The third kappa shape index (κ3) is 2.53. The molecule has 1 aromatic carbocycles. The van der Waals surface area contributed by atoms with Gasteiger partial charge in [-0.1, -0.05) is 30.3 Å². The van der Waals surface area contributed by atoms with Gasteiger partial charge >= 0.3 is 0 Å². The van der Waals surface area contributed by atoms with Crippen LogP contribution in [0.3, 0.4) is 0 Å². The molecular formula is C16H19N3. The van der Waals surface area contributed by atoms with Crippen molar-refractivity contribution in [1.29, 1.82) is 0 Å². The van der Waals surface area contributed by atoms with Crippen LogP contribution in [-0.4, -0.2) is 23.0 Å². The summed E-state index contributed by atoms with van der Waals surface area (Å²) in [4.78, 5) is 6.85. The molecule has 0 saturated heterocycles. The Labute approximate surface area is 114 Å². The van der Waals surface area contributed by atoms with Gasteiger partial charge in [-0.25, -0.2) is 0 Å². The van der Waals surface area contributed by atoms with E-state index in [4.69, 9.17) is 5.73 Å². The summed E-state index contributed by atoms with van der Waals surface area (Å²) >= 11 is 0. The molecule has 0 spiro atoms. The van der Waals surface area contributed by atoms with Gasteiger partial charge in [0.05, 0.1) is 5.69 Å². The van der Waals surface area contributed by atoms with E-state index in [1.54, 1.807) is 0 Å². The highest BCUT2D eigenvalue weighted by atomic mass is 15.2. The summed E-state index contributed by atoms with van der Waals surface area (Å²) in [6, 6.07) is 15.0. The summed E-state index contributed by atoms with van der Waals surface area (Å²) < 4.78 is 0. The smallest absolute Gasteiger partial charge is 0.0544 e. The number of rotatable bonds is 3. The van der Waals surface area contributed by atoms with Gasteiger partial charge in [0.1, 0.15) is 0 Å². The summed E-state index contributed by atoms with van der Waals surface area (Å²) in [5.74, 6) is 0. The van der Waals surface area contributed by atoms with Crippen molar-refractivity contribution >= 4 is 0 Å². The van der Waals surface area contributed by atoms with Crippen LogP contribution >= 0.6 is 0 Å². The minimum Gasteiger partial charge on any atom is -0.329 e. The molecule has 0 bridgehead atoms. The molecule has 1 unspecified atom stereocenters. The second-order valence-corrected chi connectivity index (χ2v) is 4.99. The number of pyridine rings is 1. The van der Waals surface area contributed by atoms with E-state index in [1.165, 1.54) is 11.1 Å². The van der Waals surface area contributed by atoms with Crippen molar-refractivity contribution < 1.29 is 0 Å². The molecule has 1 aromatic heterocycles. The van der Waals surface area contributed by atoms with Crippen LogP contribution in [0.15, 0.2) is 48.7 Å². The fourth-order valence-corrected chi connectivity index (χ4v) is 2.87. The van der Waals surface area contributed by atoms with Crippen molar-refractivity contribution in [3.05, 3.63) is 65.5 Å². The lowest BCUT2D eigenvalue weighted by Crippen LogP contribution is -2.39. The van der Waals surface area contributed by atoms with Crippen molar-refractivity contribution in [1.82, 2.24) is 9.88 Å². The molecule has 0 amide bonds. The molecule has 0 fully saturated rings. The van der Waals surface area contributed by atoms with Crippen LogP contribution < -0.4 is 5.73 Å². The van der Waals surface area contributed by atoms with E-state index < -0.39 is 0 Å². The van der Waals surface area contributed by atoms with Crippen LogP contribution in [0.4, 0.5) is 0 Å². The Bertz CT molecular complexity index is 539. The predicted octanol–water partition coefficient (Wildman–Crippen LogP) is 2.14. The molecule has 19 heavy (non-hydrogen) atoms. The van der Waals surface area contributed by atoms with Crippen molar-refractivity contribution in [2.45, 2.75) is 19.0 Å². The van der Waals surface area contributed by atoms with E-state index in [0.29, 0.717) is 12.6 Å². The second kappa shape index (κ2) is 5.51. The lowest BCUT2D eigenvalue weighted by Gasteiger charge is -2.36. The molecule has 1 aliphatic heterocycles. The minimum atomic E-state index is 0.312. The van der Waals surface area contributed by atoms with E-state index in [0.717, 1.165) is 25.2 Å². The maximum Gasteiger partial charge on any atom is 0.0544 e. The lowest BCUT2D eigenvalue weighted by molar-refractivity contribution is 0.179. The Kier molecular flexibility index (Phi) is 3.58. The van der Waals surface area contributed by atoms with E-state index >= 15 is 0 Å². The minimum absolute atomic E-state index is 0.312. The van der Waals surface area contributed by atoms with Gasteiger partial charge in [-0.15, -0.1) is 0 Å². The fourth-order valence-electron chi connectivity index (χ4n) is 2.87. The Morgan fingerprint density at radius 3 is 2.79 bits per heavy atom. The predicted molar refractivity (Wildman–Crippen MR) is 76.6 cm³/mol. The summed E-state index contributed by atoms with van der Waals surface area (Å²) in [7, 11) is 0. The number of hydrogen-bond acceptors (Lipinski definition) is 3. The third-order valence-corrected chi connectivity index (χ3v) is 3.84. The number of aromatic nitrogens is 1. The molecular weight excluding hydrogens is 234 g/mol. The average molecular weight is 253 g/mol. The molecule has 0 saturated carbocycles. The van der Waals surface area contributed by atoms with E-state index in [9.17, 15) is 0 Å². The van der Waals surface area contributed by atoms with Gasteiger partial charge in [-0.2, -0.15) is 0 Å². The zero-order chi connectivity index (χ0) is 13.1. The average Bonchev–Trinajstić information content (AvgIpc) is 2.48. The summed E-state index contributed by atoms with van der Waals surface area (Å²) in [5, 5.41) is 0. The monoisotopic (exact) mass is 253 g/mol.